The van der Waals surface area contributed by atoms with Gasteiger partial charge >= 0.3 is 6.18 Å². The number of benzene rings is 2. The van der Waals surface area contributed by atoms with E-state index in [-0.39, 0.29) is 42.8 Å². The van der Waals surface area contributed by atoms with Crippen molar-refractivity contribution in [2.24, 2.45) is 0 Å². The average molecular weight is 673 g/mol. The second kappa shape index (κ2) is 14.5. The predicted octanol–water partition coefficient (Wildman–Crippen LogP) is 2.90. The van der Waals surface area contributed by atoms with Crippen molar-refractivity contribution in [3.63, 3.8) is 0 Å². The number of hydrogen-bond donors (Lipinski definition) is 3. The molecule has 0 saturated carbocycles. The molecule has 3 heterocycles. The quantitative estimate of drug-likeness (QED) is 0.248. The SMILES string of the molecule is COc1cc(OC)cc(-c2nn(-c3cc(N4CC[C@H](O)C4)ccc3C(F)(F)F)c(=O)c3c2CCN3CC(=O)NCCCCNC(C)=O)c1. The summed E-state index contributed by atoms with van der Waals surface area (Å²) in [5.41, 5.74) is -0.653. The largest absolute Gasteiger partial charge is 0.497 e. The second-order valence-electron chi connectivity index (χ2n) is 11.8. The number of unbranched alkanes of at least 4 members (excludes halogenated alkanes) is 1. The van der Waals surface area contributed by atoms with Crippen molar-refractivity contribution in [1.29, 1.82) is 0 Å². The van der Waals surface area contributed by atoms with Gasteiger partial charge in [-0.15, -0.1) is 0 Å². The summed E-state index contributed by atoms with van der Waals surface area (Å²) < 4.78 is 55.1. The number of anilines is 2. The van der Waals surface area contributed by atoms with Crippen LogP contribution in [0.15, 0.2) is 41.2 Å². The average Bonchev–Trinajstić information content (AvgIpc) is 3.68. The minimum absolute atomic E-state index is 0.0812. The number of carbonyl (C=O) groups excluding carboxylic acids is 2. The van der Waals surface area contributed by atoms with Gasteiger partial charge in [0.05, 0.1) is 43.8 Å². The summed E-state index contributed by atoms with van der Waals surface area (Å²) in [4.78, 5) is 41.6. The van der Waals surface area contributed by atoms with Crippen LogP contribution >= 0.6 is 0 Å². The molecule has 12 nitrogen and oxygen atoms in total. The van der Waals surface area contributed by atoms with E-state index >= 15 is 0 Å². The minimum atomic E-state index is -4.82. The van der Waals surface area contributed by atoms with Crippen LogP contribution in [-0.4, -0.2) is 86.3 Å². The number of halogens is 3. The van der Waals surface area contributed by atoms with Crippen molar-refractivity contribution in [3.8, 4) is 28.4 Å². The van der Waals surface area contributed by atoms with E-state index in [4.69, 9.17) is 9.47 Å². The number of nitrogens with zero attached hydrogens (tertiary/aromatic N) is 4. The van der Waals surface area contributed by atoms with Crippen LogP contribution in [0.4, 0.5) is 24.5 Å². The first kappa shape index (κ1) is 34.5. The Morgan fingerprint density at radius 2 is 1.71 bits per heavy atom. The van der Waals surface area contributed by atoms with Gasteiger partial charge in [-0.1, -0.05) is 0 Å². The molecule has 48 heavy (non-hydrogen) atoms. The van der Waals surface area contributed by atoms with E-state index in [1.807, 2.05) is 0 Å². The smallest absolute Gasteiger partial charge is 0.418 e. The van der Waals surface area contributed by atoms with Gasteiger partial charge in [-0.2, -0.15) is 23.0 Å². The second-order valence-corrected chi connectivity index (χ2v) is 11.8. The molecule has 258 valence electrons. The molecule has 0 aliphatic carbocycles. The summed E-state index contributed by atoms with van der Waals surface area (Å²) in [6.45, 7) is 2.99. The molecular weight excluding hydrogens is 633 g/mol. The topological polar surface area (TPSA) is 138 Å². The Kier molecular flexibility index (Phi) is 10.5. The standard InChI is InChI=1S/C33H39F3N6O6/c1-20(43)37-10-4-5-11-38-29(45)19-41-13-9-26-30(21-14-24(47-2)17-25(15-21)48-3)39-42(32(46)31(26)41)28-16-22(40-12-8-23(44)18-40)6-7-27(28)33(34,35)36/h6-7,14-17,23,44H,4-5,8-13,18-19H2,1-3H3,(H,37,43)(H,38,45)/t23-/m0/s1. The number of hydrogen-bond acceptors (Lipinski definition) is 9. The van der Waals surface area contributed by atoms with Gasteiger partial charge in [0.15, 0.2) is 0 Å². The van der Waals surface area contributed by atoms with Gasteiger partial charge in [-0.25, -0.2) is 0 Å². The summed E-state index contributed by atoms with van der Waals surface area (Å²) in [6, 6.07) is 8.46. The van der Waals surface area contributed by atoms with E-state index in [0.29, 0.717) is 73.6 Å². The Morgan fingerprint density at radius 3 is 2.31 bits per heavy atom. The zero-order valence-electron chi connectivity index (χ0n) is 27.0. The molecule has 2 aliphatic rings. The van der Waals surface area contributed by atoms with Gasteiger partial charge in [0.25, 0.3) is 5.56 Å². The number of fused-ring (bicyclic) bond motifs is 1. The van der Waals surface area contributed by atoms with Crippen molar-refractivity contribution in [2.45, 2.75) is 44.9 Å². The van der Waals surface area contributed by atoms with Crippen LogP contribution in [0.3, 0.4) is 0 Å². The van der Waals surface area contributed by atoms with Crippen molar-refractivity contribution in [3.05, 3.63) is 57.9 Å². The van der Waals surface area contributed by atoms with Crippen molar-refractivity contribution < 1.29 is 37.3 Å². The van der Waals surface area contributed by atoms with Crippen molar-refractivity contribution >= 4 is 23.2 Å². The summed E-state index contributed by atoms with van der Waals surface area (Å²) >= 11 is 0. The van der Waals surface area contributed by atoms with Gasteiger partial charge in [0, 0.05) is 62.5 Å². The number of alkyl halides is 3. The lowest BCUT2D eigenvalue weighted by atomic mass is 10.0. The molecule has 1 atom stereocenters. The lowest BCUT2D eigenvalue weighted by Gasteiger charge is -2.23. The third-order valence-corrected chi connectivity index (χ3v) is 8.42. The Bertz CT molecular complexity index is 1710. The number of ether oxygens (including phenoxy) is 2. The highest BCUT2D eigenvalue weighted by atomic mass is 19.4. The molecule has 0 unspecified atom stereocenters. The predicted molar refractivity (Wildman–Crippen MR) is 173 cm³/mol. The fraction of sp³-hybridized carbons (Fsp3) is 0.455. The Balaban J connectivity index is 1.59. The van der Waals surface area contributed by atoms with Crippen LogP contribution in [0, 0.1) is 0 Å². The lowest BCUT2D eigenvalue weighted by Crippen LogP contribution is -2.39. The van der Waals surface area contributed by atoms with Gasteiger partial charge in [0.2, 0.25) is 11.8 Å². The Hall–Kier alpha value is -4.79. The zero-order chi connectivity index (χ0) is 34.6. The fourth-order valence-electron chi connectivity index (χ4n) is 6.05. The van der Waals surface area contributed by atoms with Gasteiger partial charge in [-0.05, 0) is 56.0 Å². The number of aliphatic hydroxyl groups is 1. The highest BCUT2D eigenvalue weighted by Gasteiger charge is 2.37. The Labute approximate surface area is 275 Å². The summed E-state index contributed by atoms with van der Waals surface area (Å²) in [7, 11) is 2.93. The molecule has 0 spiro atoms. The van der Waals surface area contributed by atoms with E-state index in [0.717, 1.165) is 10.7 Å². The van der Waals surface area contributed by atoms with E-state index in [9.17, 15) is 32.7 Å². The minimum Gasteiger partial charge on any atom is -0.497 e. The number of carbonyl (C=O) groups is 2. The zero-order valence-corrected chi connectivity index (χ0v) is 27.0. The molecule has 5 rings (SSSR count). The molecular formula is C33H39F3N6O6. The van der Waals surface area contributed by atoms with E-state index in [2.05, 4.69) is 15.7 Å². The molecule has 2 aromatic carbocycles. The van der Waals surface area contributed by atoms with Gasteiger partial charge in [0.1, 0.15) is 17.2 Å². The number of nitrogens with one attached hydrogen (secondary N) is 2. The summed E-state index contributed by atoms with van der Waals surface area (Å²) in [6.07, 6.45) is -3.39. The van der Waals surface area contributed by atoms with E-state index in [1.54, 1.807) is 28.0 Å². The number of β-amino-alcohol motifs (C(OH)–C–C–N with tert-alkyl or cyclic N) is 1. The molecule has 0 radical (unpaired) electrons. The summed E-state index contributed by atoms with van der Waals surface area (Å²) in [5.74, 6) is 0.328. The first-order valence-electron chi connectivity index (χ1n) is 15.7. The fourth-order valence-corrected chi connectivity index (χ4v) is 6.05. The van der Waals surface area contributed by atoms with Crippen LogP contribution in [0.2, 0.25) is 0 Å². The van der Waals surface area contributed by atoms with Crippen molar-refractivity contribution in [1.82, 2.24) is 20.4 Å². The van der Waals surface area contributed by atoms with E-state index < -0.39 is 29.1 Å². The molecule has 2 aliphatic heterocycles. The van der Waals surface area contributed by atoms with Crippen LogP contribution in [-0.2, 0) is 22.2 Å². The monoisotopic (exact) mass is 672 g/mol. The number of aromatic nitrogens is 2. The highest BCUT2D eigenvalue weighted by molar-refractivity contribution is 5.84. The van der Waals surface area contributed by atoms with Gasteiger partial charge < -0.3 is 35.0 Å². The summed E-state index contributed by atoms with van der Waals surface area (Å²) in [5, 5.41) is 20.2. The third kappa shape index (κ3) is 7.67. The van der Waals surface area contributed by atoms with Crippen LogP contribution in [0.1, 0.15) is 37.3 Å². The third-order valence-electron chi connectivity index (χ3n) is 8.42. The first-order valence-corrected chi connectivity index (χ1v) is 15.7. The lowest BCUT2D eigenvalue weighted by molar-refractivity contribution is -0.137. The first-order chi connectivity index (χ1) is 22.9. The number of aliphatic hydroxyl groups excluding tert-OH is 1. The van der Waals surface area contributed by atoms with Crippen LogP contribution in [0.25, 0.3) is 16.9 Å². The van der Waals surface area contributed by atoms with Gasteiger partial charge in [-0.3, -0.25) is 14.4 Å². The number of rotatable bonds is 12. The van der Waals surface area contributed by atoms with Crippen molar-refractivity contribution in [2.75, 3.05) is 63.3 Å². The maximum atomic E-state index is 14.5. The normalized spacial score (nSPS) is 15.8. The molecule has 15 heteroatoms. The molecule has 3 aromatic rings. The molecule has 1 fully saturated rings. The highest BCUT2D eigenvalue weighted by Crippen LogP contribution is 2.39. The van der Waals surface area contributed by atoms with Crippen LogP contribution < -0.4 is 35.5 Å². The maximum absolute atomic E-state index is 14.5. The van der Waals surface area contributed by atoms with Crippen LogP contribution in [0.5, 0.6) is 11.5 Å². The molecule has 3 N–H and O–H groups in total. The molecule has 1 aromatic heterocycles. The molecule has 1 saturated heterocycles. The van der Waals surface area contributed by atoms with E-state index in [1.165, 1.54) is 33.3 Å². The Morgan fingerprint density at radius 1 is 1.02 bits per heavy atom. The number of methoxy groups -OCH3 is 2. The molecule has 0 bridgehead atoms. The maximum Gasteiger partial charge on any atom is 0.418 e. The number of amides is 2. The molecule has 2 amide bonds.